The molecule has 0 radical (unpaired) electrons. The van der Waals surface area contributed by atoms with E-state index < -0.39 is 6.10 Å². The minimum absolute atomic E-state index is 0.534. The zero-order valence-electron chi connectivity index (χ0n) is 13.8. The highest BCUT2D eigenvalue weighted by atomic mass is 16.5. The molecule has 0 amide bonds. The van der Waals surface area contributed by atoms with E-state index in [-0.39, 0.29) is 0 Å². The maximum absolute atomic E-state index is 10.2. The Morgan fingerprint density at radius 3 is 2.39 bits per heavy atom. The molecule has 0 fully saturated rings. The molecule has 2 rings (SSSR count). The van der Waals surface area contributed by atoms with Gasteiger partial charge in [-0.05, 0) is 49.1 Å². The van der Waals surface area contributed by atoms with E-state index in [1.165, 1.54) is 0 Å². The van der Waals surface area contributed by atoms with E-state index >= 15 is 0 Å². The van der Waals surface area contributed by atoms with Crippen LogP contribution in [0.2, 0.25) is 0 Å². The number of hydrogen-bond acceptors (Lipinski definition) is 5. The van der Waals surface area contributed by atoms with Gasteiger partial charge in [0.1, 0.15) is 0 Å². The molecule has 1 N–H and O–H groups in total. The van der Waals surface area contributed by atoms with Gasteiger partial charge in [0.05, 0.1) is 26.9 Å². The number of aliphatic hydroxyl groups is 1. The van der Waals surface area contributed by atoms with Crippen LogP contribution in [0.3, 0.4) is 0 Å². The first-order valence-corrected chi connectivity index (χ1v) is 7.65. The number of benzene rings is 1. The molecular weight excluding hydrogens is 294 g/mol. The van der Waals surface area contributed by atoms with Crippen LogP contribution in [0.1, 0.15) is 30.6 Å². The Labute approximate surface area is 136 Å². The van der Waals surface area contributed by atoms with Crippen LogP contribution < -0.4 is 14.2 Å². The Balaban J connectivity index is 2.13. The number of aryl methyl sites for hydroxylation is 1. The first-order valence-electron chi connectivity index (χ1n) is 7.65. The molecule has 1 atom stereocenters. The first-order chi connectivity index (χ1) is 11.2. The highest BCUT2D eigenvalue weighted by Gasteiger charge is 2.15. The van der Waals surface area contributed by atoms with Crippen molar-refractivity contribution in [1.29, 1.82) is 0 Å². The SMILES string of the molecule is CCOc1c(OC)cc(CCC(O)c2cccnc2)cc1OC. The van der Waals surface area contributed by atoms with Gasteiger partial charge in [0, 0.05) is 12.4 Å². The molecule has 23 heavy (non-hydrogen) atoms. The number of pyridine rings is 1. The topological polar surface area (TPSA) is 60.8 Å². The molecule has 0 aliphatic carbocycles. The summed E-state index contributed by atoms with van der Waals surface area (Å²) in [6.45, 7) is 2.45. The summed E-state index contributed by atoms with van der Waals surface area (Å²) in [7, 11) is 3.21. The van der Waals surface area contributed by atoms with E-state index in [4.69, 9.17) is 14.2 Å². The summed E-state index contributed by atoms with van der Waals surface area (Å²) in [5.41, 5.74) is 1.84. The molecule has 0 bridgehead atoms. The average Bonchev–Trinajstić information content (AvgIpc) is 2.61. The van der Waals surface area contributed by atoms with E-state index in [0.717, 1.165) is 11.1 Å². The average molecular weight is 317 g/mol. The Bertz CT molecular complexity index is 591. The van der Waals surface area contributed by atoms with E-state index in [1.807, 2.05) is 31.2 Å². The monoisotopic (exact) mass is 317 g/mol. The van der Waals surface area contributed by atoms with Crippen LogP contribution in [-0.4, -0.2) is 30.9 Å². The van der Waals surface area contributed by atoms with Crippen LogP contribution >= 0.6 is 0 Å². The molecule has 1 unspecified atom stereocenters. The maximum atomic E-state index is 10.2. The first kappa shape index (κ1) is 17.1. The second-order valence-electron chi connectivity index (χ2n) is 5.10. The number of ether oxygens (including phenoxy) is 3. The van der Waals surface area contributed by atoms with Crippen molar-refractivity contribution in [3.8, 4) is 17.2 Å². The van der Waals surface area contributed by atoms with Gasteiger partial charge in [-0.15, -0.1) is 0 Å². The third kappa shape index (κ3) is 4.36. The lowest BCUT2D eigenvalue weighted by Crippen LogP contribution is -2.02. The molecule has 5 heteroatoms. The lowest BCUT2D eigenvalue weighted by atomic mass is 10.0. The predicted molar refractivity (Wildman–Crippen MR) is 88.2 cm³/mol. The molecule has 0 saturated heterocycles. The van der Waals surface area contributed by atoms with Gasteiger partial charge in [-0.1, -0.05) is 6.07 Å². The van der Waals surface area contributed by atoms with Crippen LogP contribution in [0.15, 0.2) is 36.7 Å². The van der Waals surface area contributed by atoms with Crippen LogP contribution in [0.4, 0.5) is 0 Å². The van der Waals surface area contributed by atoms with Gasteiger partial charge in [-0.3, -0.25) is 4.98 Å². The van der Waals surface area contributed by atoms with Crippen LogP contribution in [0.25, 0.3) is 0 Å². The van der Waals surface area contributed by atoms with Gasteiger partial charge in [-0.25, -0.2) is 0 Å². The minimum Gasteiger partial charge on any atom is -0.493 e. The Hall–Kier alpha value is -2.27. The summed E-state index contributed by atoms with van der Waals surface area (Å²) >= 11 is 0. The Kier molecular flexibility index (Phi) is 6.23. The number of hydrogen-bond donors (Lipinski definition) is 1. The number of aromatic nitrogens is 1. The standard InChI is InChI=1S/C18H23NO4/c1-4-23-18-16(21-2)10-13(11-17(18)22-3)7-8-15(20)14-6-5-9-19-12-14/h5-6,9-12,15,20H,4,7-8H2,1-3H3. The third-order valence-corrected chi connectivity index (χ3v) is 3.58. The Morgan fingerprint density at radius 2 is 1.87 bits per heavy atom. The summed E-state index contributed by atoms with van der Waals surface area (Å²) in [6.07, 6.45) is 4.11. The molecule has 1 heterocycles. The molecule has 1 aromatic heterocycles. The van der Waals surface area contributed by atoms with Crippen molar-refractivity contribution >= 4 is 0 Å². The molecule has 2 aromatic rings. The second-order valence-corrected chi connectivity index (χ2v) is 5.10. The van der Waals surface area contributed by atoms with Crippen molar-refractivity contribution in [2.75, 3.05) is 20.8 Å². The van der Waals surface area contributed by atoms with Crippen LogP contribution in [0, 0.1) is 0 Å². The molecule has 0 aliphatic rings. The second kappa shape index (κ2) is 8.39. The van der Waals surface area contributed by atoms with E-state index in [9.17, 15) is 5.11 Å². The number of methoxy groups -OCH3 is 2. The summed E-state index contributed by atoms with van der Waals surface area (Å²) in [5, 5.41) is 10.2. The quantitative estimate of drug-likeness (QED) is 0.810. The fourth-order valence-electron chi connectivity index (χ4n) is 2.41. The zero-order valence-corrected chi connectivity index (χ0v) is 13.8. The van der Waals surface area contributed by atoms with Crippen molar-refractivity contribution in [3.63, 3.8) is 0 Å². The third-order valence-electron chi connectivity index (χ3n) is 3.58. The molecular formula is C18H23NO4. The van der Waals surface area contributed by atoms with Crippen LogP contribution in [0.5, 0.6) is 17.2 Å². The van der Waals surface area contributed by atoms with Crippen molar-refractivity contribution in [1.82, 2.24) is 4.98 Å². The number of rotatable bonds is 8. The summed E-state index contributed by atoms with van der Waals surface area (Å²) in [4.78, 5) is 4.03. The molecule has 124 valence electrons. The highest BCUT2D eigenvalue weighted by Crippen LogP contribution is 2.39. The van der Waals surface area contributed by atoms with Gasteiger partial charge in [0.15, 0.2) is 11.5 Å². The Morgan fingerprint density at radius 1 is 1.17 bits per heavy atom. The molecule has 1 aromatic carbocycles. The largest absolute Gasteiger partial charge is 0.493 e. The van der Waals surface area contributed by atoms with Gasteiger partial charge in [0.25, 0.3) is 0 Å². The van der Waals surface area contributed by atoms with E-state index in [1.54, 1.807) is 26.6 Å². The highest BCUT2D eigenvalue weighted by molar-refractivity contribution is 5.54. The summed E-state index contributed by atoms with van der Waals surface area (Å²) < 4.78 is 16.4. The maximum Gasteiger partial charge on any atom is 0.203 e. The van der Waals surface area contributed by atoms with Crippen molar-refractivity contribution in [2.45, 2.75) is 25.9 Å². The van der Waals surface area contributed by atoms with Crippen LogP contribution in [-0.2, 0) is 6.42 Å². The predicted octanol–water partition coefficient (Wildman–Crippen LogP) is 3.16. The normalized spacial score (nSPS) is 11.8. The fourth-order valence-corrected chi connectivity index (χ4v) is 2.41. The van der Waals surface area contributed by atoms with Crippen molar-refractivity contribution < 1.29 is 19.3 Å². The zero-order chi connectivity index (χ0) is 16.7. The van der Waals surface area contributed by atoms with Gasteiger partial charge < -0.3 is 19.3 Å². The van der Waals surface area contributed by atoms with Gasteiger partial charge >= 0.3 is 0 Å². The molecule has 0 saturated carbocycles. The lowest BCUT2D eigenvalue weighted by Gasteiger charge is -2.16. The van der Waals surface area contributed by atoms with E-state index in [2.05, 4.69) is 4.98 Å². The summed E-state index contributed by atoms with van der Waals surface area (Å²) in [6, 6.07) is 7.53. The molecule has 0 spiro atoms. The lowest BCUT2D eigenvalue weighted by molar-refractivity contribution is 0.167. The van der Waals surface area contributed by atoms with E-state index in [0.29, 0.717) is 36.7 Å². The summed E-state index contributed by atoms with van der Waals surface area (Å²) in [5.74, 6) is 1.88. The number of nitrogens with zero attached hydrogens (tertiary/aromatic N) is 1. The molecule has 5 nitrogen and oxygen atoms in total. The van der Waals surface area contributed by atoms with Gasteiger partial charge in [-0.2, -0.15) is 0 Å². The minimum atomic E-state index is -0.549. The smallest absolute Gasteiger partial charge is 0.203 e. The van der Waals surface area contributed by atoms with Crippen molar-refractivity contribution in [3.05, 3.63) is 47.8 Å². The fraction of sp³-hybridized carbons (Fsp3) is 0.389. The van der Waals surface area contributed by atoms with Gasteiger partial charge in [0.2, 0.25) is 5.75 Å². The number of aliphatic hydroxyl groups excluding tert-OH is 1. The van der Waals surface area contributed by atoms with Crippen molar-refractivity contribution in [2.24, 2.45) is 0 Å². The molecule has 0 aliphatic heterocycles.